The molecule has 0 radical (unpaired) electrons. The summed E-state index contributed by atoms with van der Waals surface area (Å²) in [6.07, 6.45) is 0. The number of nitrogens with one attached hydrogen (secondary N) is 1. The molecular weight excluding hydrogens is 166 g/mol. The summed E-state index contributed by atoms with van der Waals surface area (Å²) >= 11 is 5.60. The van der Waals surface area contributed by atoms with E-state index in [1.165, 1.54) is 0 Å². The number of aromatic nitrogens is 2. The normalized spacial score (nSPS) is 14.6. The molecule has 2 rings (SSSR count). The summed E-state index contributed by atoms with van der Waals surface area (Å²) in [5.41, 5.74) is 0. The molecule has 0 amide bonds. The second-order valence-electron chi connectivity index (χ2n) is 2.16. The molecule has 58 valence electrons. The van der Waals surface area contributed by atoms with Gasteiger partial charge in [-0.3, -0.25) is 0 Å². The van der Waals surface area contributed by atoms with Gasteiger partial charge >= 0.3 is 0 Å². The van der Waals surface area contributed by atoms with Crippen molar-refractivity contribution in [3.05, 3.63) is 11.2 Å². The van der Waals surface area contributed by atoms with Crippen molar-refractivity contribution in [1.29, 1.82) is 0 Å². The summed E-state index contributed by atoms with van der Waals surface area (Å²) in [6, 6.07) is 1.65. The molecule has 1 aliphatic rings. The molecule has 0 aromatic carbocycles. The zero-order chi connectivity index (χ0) is 7.68. The molecule has 5 heteroatoms. The van der Waals surface area contributed by atoms with Crippen molar-refractivity contribution in [3.8, 4) is 5.75 Å². The van der Waals surface area contributed by atoms with Crippen LogP contribution in [-0.4, -0.2) is 23.3 Å². The molecule has 0 fully saturated rings. The first-order valence-corrected chi connectivity index (χ1v) is 3.64. The number of halogens is 1. The van der Waals surface area contributed by atoms with E-state index in [4.69, 9.17) is 16.3 Å². The van der Waals surface area contributed by atoms with Crippen LogP contribution in [0.3, 0.4) is 0 Å². The molecule has 1 aromatic rings. The van der Waals surface area contributed by atoms with Crippen LogP contribution in [-0.2, 0) is 0 Å². The van der Waals surface area contributed by atoms with E-state index in [1.807, 2.05) is 0 Å². The van der Waals surface area contributed by atoms with Gasteiger partial charge in [-0.25, -0.2) is 0 Å². The molecule has 0 aliphatic carbocycles. The van der Waals surface area contributed by atoms with Crippen LogP contribution in [0.1, 0.15) is 0 Å². The van der Waals surface area contributed by atoms with Gasteiger partial charge in [-0.05, 0) is 0 Å². The minimum atomic E-state index is 0.354. The Morgan fingerprint density at radius 1 is 1.55 bits per heavy atom. The molecule has 1 aromatic heterocycles. The highest BCUT2D eigenvalue weighted by Crippen LogP contribution is 2.25. The second-order valence-corrected chi connectivity index (χ2v) is 2.54. The maximum atomic E-state index is 5.60. The molecule has 0 atom stereocenters. The van der Waals surface area contributed by atoms with Crippen LogP contribution < -0.4 is 10.1 Å². The van der Waals surface area contributed by atoms with Gasteiger partial charge in [-0.2, -0.15) is 0 Å². The van der Waals surface area contributed by atoms with Gasteiger partial charge in [-0.1, -0.05) is 11.6 Å². The van der Waals surface area contributed by atoms with E-state index in [0.29, 0.717) is 23.3 Å². The van der Waals surface area contributed by atoms with Gasteiger partial charge in [0.05, 0.1) is 6.54 Å². The highest BCUT2D eigenvalue weighted by molar-refractivity contribution is 6.29. The smallest absolute Gasteiger partial charge is 0.191 e. The average Bonchev–Trinajstić information content (AvgIpc) is 2.04. The van der Waals surface area contributed by atoms with Gasteiger partial charge in [0.2, 0.25) is 0 Å². The fourth-order valence-electron chi connectivity index (χ4n) is 0.915. The van der Waals surface area contributed by atoms with Crippen LogP contribution in [0.5, 0.6) is 5.75 Å². The molecule has 1 N–H and O–H groups in total. The first-order chi connectivity index (χ1) is 5.36. The summed E-state index contributed by atoms with van der Waals surface area (Å²) in [5.74, 6) is 1.34. The van der Waals surface area contributed by atoms with Gasteiger partial charge in [-0.15, -0.1) is 10.2 Å². The molecule has 0 spiro atoms. The molecule has 4 nitrogen and oxygen atoms in total. The summed E-state index contributed by atoms with van der Waals surface area (Å²) in [6.45, 7) is 1.42. The lowest BCUT2D eigenvalue weighted by molar-refractivity contribution is 0.320. The first kappa shape index (κ1) is 6.67. The van der Waals surface area contributed by atoms with E-state index < -0.39 is 0 Å². The lowest BCUT2D eigenvalue weighted by Gasteiger charge is -2.16. The highest BCUT2D eigenvalue weighted by atomic mass is 35.5. The van der Waals surface area contributed by atoms with E-state index >= 15 is 0 Å². The Labute approximate surface area is 68.5 Å². The van der Waals surface area contributed by atoms with Crippen LogP contribution in [0.2, 0.25) is 5.15 Å². The van der Waals surface area contributed by atoms with E-state index in [2.05, 4.69) is 15.5 Å². The molecular formula is C6H6ClN3O. The Hall–Kier alpha value is -1.03. The second kappa shape index (κ2) is 2.54. The quantitative estimate of drug-likeness (QED) is 0.631. The lowest BCUT2D eigenvalue weighted by atomic mass is 10.4. The molecule has 11 heavy (non-hydrogen) atoms. The SMILES string of the molecule is Clc1cc2c(nn1)NCCO2. The van der Waals surface area contributed by atoms with Crippen molar-refractivity contribution in [3.63, 3.8) is 0 Å². The number of ether oxygens (including phenoxy) is 1. The van der Waals surface area contributed by atoms with Crippen molar-refractivity contribution in [2.24, 2.45) is 0 Å². The van der Waals surface area contributed by atoms with Gasteiger partial charge in [0.15, 0.2) is 16.7 Å². The predicted octanol–water partition coefficient (Wildman–Crippen LogP) is 0.934. The van der Waals surface area contributed by atoms with E-state index in [9.17, 15) is 0 Å². The number of rotatable bonds is 0. The van der Waals surface area contributed by atoms with Gasteiger partial charge < -0.3 is 10.1 Å². The van der Waals surface area contributed by atoms with Crippen LogP contribution in [0.15, 0.2) is 6.07 Å². The number of hydrogen-bond acceptors (Lipinski definition) is 4. The topological polar surface area (TPSA) is 47.0 Å². The monoisotopic (exact) mass is 171 g/mol. The fraction of sp³-hybridized carbons (Fsp3) is 0.333. The summed E-state index contributed by atoms with van der Waals surface area (Å²) in [5, 5.41) is 10.9. The van der Waals surface area contributed by atoms with Gasteiger partial charge in [0.25, 0.3) is 0 Å². The molecule has 0 saturated carbocycles. The summed E-state index contributed by atoms with van der Waals surface area (Å²) < 4.78 is 5.25. The maximum Gasteiger partial charge on any atom is 0.191 e. The van der Waals surface area contributed by atoms with E-state index in [0.717, 1.165) is 6.54 Å². The Balaban J connectivity index is 2.43. The third-order valence-corrected chi connectivity index (χ3v) is 1.57. The van der Waals surface area contributed by atoms with Crippen molar-refractivity contribution in [1.82, 2.24) is 10.2 Å². The van der Waals surface area contributed by atoms with Crippen LogP contribution in [0.4, 0.5) is 5.82 Å². The number of anilines is 1. The third kappa shape index (κ3) is 1.21. The van der Waals surface area contributed by atoms with Gasteiger partial charge in [0, 0.05) is 6.07 Å². The molecule has 0 saturated heterocycles. The van der Waals surface area contributed by atoms with E-state index in [-0.39, 0.29) is 0 Å². The largest absolute Gasteiger partial charge is 0.488 e. The van der Waals surface area contributed by atoms with Crippen molar-refractivity contribution >= 4 is 17.4 Å². The Morgan fingerprint density at radius 3 is 3.36 bits per heavy atom. The zero-order valence-corrected chi connectivity index (χ0v) is 6.43. The number of nitrogens with zero attached hydrogens (tertiary/aromatic N) is 2. The molecule has 2 heterocycles. The van der Waals surface area contributed by atoms with Crippen LogP contribution in [0.25, 0.3) is 0 Å². The number of hydrogen-bond donors (Lipinski definition) is 1. The zero-order valence-electron chi connectivity index (χ0n) is 5.67. The standard InChI is InChI=1S/C6H6ClN3O/c7-5-3-4-6(10-9-5)8-1-2-11-4/h3H,1-2H2,(H,8,10). The molecule has 0 unspecified atom stereocenters. The molecule has 0 bridgehead atoms. The third-order valence-electron chi connectivity index (χ3n) is 1.38. The number of fused-ring (bicyclic) bond motifs is 1. The van der Waals surface area contributed by atoms with E-state index in [1.54, 1.807) is 6.07 Å². The van der Waals surface area contributed by atoms with Crippen LogP contribution >= 0.6 is 11.6 Å². The highest BCUT2D eigenvalue weighted by Gasteiger charge is 2.11. The van der Waals surface area contributed by atoms with Gasteiger partial charge in [0.1, 0.15) is 6.61 Å². The Bertz CT molecular complexity index is 279. The Morgan fingerprint density at radius 2 is 2.45 bits per heavy atom. The summed E-state index contributed by atoms with van der Waals surface area (Å²) in [4.78, 5) is 0. The summed E-state index contributed by atoms with van der Waals surface area (Å²) in [7, 11) is 0. The first-order valence-electron chi connectivity index (χ1n) is 3.26. The van der Waals surface area contributed by atoms with Crippen molar-refractivity contribution in [2.45, 2.75) is 0 Å². The lowest BCUT2D eigenvalue weighted by Crippen LogP contribution is -2.19. The average molecular weight is 172 g/mol. The molecule has 1 aliphatic heterocycles. The van der Waals surface area contributed by atoms with Crippen molar-refractivity contribution in [2.75, 3.05) is 18.5 Å². The van der Waals surface area contributed by atoms with Crippen LogP contribution in [0, 0.1) is 0 Å². The predicted molar refractivity (Wildman–Crippen MR) is 41.0 cm³/mol. The minimum absolute atomic E-state index is 0.354. The maximum absolute atomic E-state index is 5.60. The Kier molecular flexibility index (Phi) is 1.54. The fourth-order valence-corrected chi connectivity index (χ4v) is 1.05. The minimum Gasteiger partial charge on any atom is -0.488 e. The van der Waals surface area contributed by atoms with Crippen molar-refractivity contribution < 1.29 is 4.74 Å².